The number of fused-ring (bicyclic) bond motifs is 1. The van der Waals surface area contributed by atoms with Gasteiger partial charge in [-0.05, 0) is 90.0 Å². The number of para-hydroxylation sites is 1. The molecular weight excluding hydrogens is 729 g/mol. The van der Waals surface area contributed by atoms with Crippen LogP contribution in [0, 0.1) is 12.8 Å². The number of nitrogens with zero attached hydrogens (tertiary/aromatic N) is 3. The Morgan fingerprint density at radius 1 is 0.981 bits per heavy atom. The maximum atomic E-state index is 14.0. The van der Waals surface area contributed by atoms with Gasteiger partial charge in [-0.3, -0.25) is 9.59 Å². The molecule has 2 fully saturated rings. The predicted octanol–water partition coefficient (Wildman–Crippen LogP) is 6.24. The zero-order valence-corrected chi connectivity index (χ0v) is 32.4. The highest BCUT2D eigenvalue weighted by atomic mass is 35.5. The number of sulfonamides is 1. The molecule has 3 amide bonds. The van der Waals surface area contributed by atoms with Crippen LogP contribution in [0.1, 0.15) is 70.6 Å². The van der Waals surface area contributed by atoms with Gasteiger partial charge in [-0.2, -0.15) is 4.31 Å². The number of hydrogen-bond donors (Lipinski definition) is 2. The van der Waals surface area contributed by atoms with Gasteiger partial charge in [0.25, 0.3) is 0 Å². The Morgan fingerprint density at radius 3 is 2.46 bits per heavy atom. The molecule has 2 N–H and O–H groups in total. The molecule has 282 valence electrons. The molecule has 0 unspecified atom stereocenters. The molecule has 0 aliphatic carbocycles. The molecule has 1 aromatic heterocycles. The highest BCUT2D eigenvalue weighted by Crippen LogP contribution is 2.36. The van der Waals surface area contributed by atoms with Gasteiger partial charge in [-0.1, -0.05) is 41.4 Å². The van der Waals surface area contributed by atoms with Crippen LogP contribution in [-0.2, 0) is 31.0 Å². The minimum atomic E-state index is -4.17. The Hall–Kier alpha value is -3.65. The largest absolute Gasteiger partial charge is 0.487 e. The summed E-state index contributed by atoms with van der Waals surface area (Å²) in [5.41, 5.74) is 1.23. The summed E-state index contributed by atoms with van der Waals surface area (Å²) in [5, 5.41) is 6.74. The average molecular weight is 777 g/mol. The minimum absolute atomic E-state index is 0.0245. The van der Waals surface area contributed by atoms with Crippen LogP contribution >= 0.6 is 23.2 Å². The van der Waals surface area contributed by atoms with Crippen molar-refractivity contribution in [2.45, 2.75) is 89.4 Å². The Morgan fingerprint density at radius 2 is 1.73 bits per heavy atom. The average Bonchev–Trinajstić information content (AvgIpc) is 3.60. The van der Waals surface area contributed by atoms with E-state index in [0.717, 1.165) is 11.1 Å². The first-order valence-electron chi connectivity index (χ1n) is 17.6. The Kier molecular flexibility index (Phi) is 12.9. The van der Waals surface area contributed by atoms with Gasteiger partial charge >= 0.3 is 6.09 Å². The van der Waals surface area contributed by atoms with Crippen LogP contribution in [0.25, 0.3) is 10.9 Å². The van der Waals surface area contributed by atoms with Crippen molar-refractivity contribution in [1.82, 2.24) is 24.8 Å². The Bertz CT molecular complexity index is 1890. The molecular formula is C37H47Cl2N5O7S. The number of rotatable bonds is 12. The van der Waals surface area contributed by atoms with Crippen molar-refractivity contribution >= 4 is 62.0 Å². The number of halogens is 2. The van der Waals surface area contributed by atoms with E-state index in [-0.39, 0.29) is 45.8 Å². The van der Waals surface area contributed by atoms with Crippen molar-refractivity contribution in [2.24, 2.45) is 5.92 Å². The maximum absolute atomic E-state index is 14.0. The monoisotopic (exact) mass is 775 g/mol. The van der Waals surface area contributed by atoms with Crippen LogP contribution in [0.2, 0.25) is 10.0 Å². The molecule has 2 aromatic carbocycles. The molecule has 3 heterocycles. The lowest BCUT2D eigenvalue weighted by Gasteiger charge is -2.32. The second-order valence-electron chi connectivity index (χ2n) is 14.3. The van der Waals surface area contributed by atoms with Gasteiger partial charge < -0.3 is 25.0 Å². The molecule has 12 nitrogen and oxygen atoms in total. The summed E-state index contributed by atoms with van der Waals surface area (Å²) >= 11 is 13.2. The quantitative estimate of drug-likeness (QED) is 0.206. The van der Waals surface area contributed by atoms with Gasteiger partial charge in [-0.15, -0.1) is 0 Å². The number of piperidine rings is 1. The van der Waals surface area contributed by atoms with E-state index in [1.165, 1.54) is 16.4 Å². The predicted molar refractivity (Wildman–Crippen MR) is 200 cm³/mol. The number of carbonyl (C=O) groups is 3. The summed E-state index contributed by atoms with van der Waals surface area (Å²) in [7, 11) is -4.17. The number of aromatic nitrogens is 1. The molecule has 0 radical (unpaired) electrons. The number of alkyl carbamates (subject to hydrolysis) is 1. The molecule has 15 heteroatoms. The van der Waals surface area contributed by atoms with Crippen molar-refractivity contribution in [3.63, 3.8) is 0 Å². The highest BCUT2D eigenvalue weighted by Gasteiger charge is 2.41. The van der Waals surface area contributed by atoms with E-state index < -0.39 is 27.8 Å². The molecule has 2 saturated heterocycles. The van der Waals surface area contributed by atoms with Crippen LogP contribution in [0.3, 0.4) is 0 Å². The van der Waals surface area contributed by atoms with Crippen molar-refractivity contribution in [3.05, 3.63) is 63.8 Å². The maximum Gasteiger partial charge on any atom is 0.407 e. The smallest absolute Gasteiger partial charge is 0.407 e. The van der Waals surface area contributed by atoms with E-state index >= 15 is 0 Å². The molecule has 52 heavy (non-hydrogen) atoms. The van der Waals surface area contributed by atoms with Crippen LogP contribution in [-0.4, -0.2) is 84.9 Å². The number of amides is 3. The van der Waals surface area contributed by atoms with Crippen molar-refractivity contribution in [1.29, 1.82) is 0 Å². The fraction of sp³-hybridized carbons (Fsp3) is 0.514. The molecule has 1 atom stereocenters. The third kappa shape index (κ3) is 9.85. The zero-order valence-electron chi connectivity index (χ0n) is 30.0. The number of pyridine rings is 1. The standard InChI is InChI=1S/C37H47Cl2N5O7S/c1-24-12-13-26-8-5-10-30(34(26)42-24)50-23-27-28(38)14-15-31(33(27)39)52(48,49)44-19-7-9-29(44)35(46)41-22-25-16-20-43(21-17-25)32(45)11-6-18-40-36(47)51-37(2,3)4/h5,8,10,12-15,25,29H,6-7,9,11,16-23H2,1-4H3,(H,40,47)(H,41,46)/t29-/m0/s1. The summed E-state index contributed by atoms with van der Waals surface area (Å²) in [6.45, 7) is 9.22. The summed E-state index contributed by atoms with van der Waals surface area (Å²) in [4.78, 5) is 44.2. The van der Waals surface area contributed by atoms with Crippen molar-refractivity contribution in [3.8, 4) is 5.75 Å². The number of nitrogens with one attached hydrogen (secondary N) is 2. The molecule has 0 bridgehead atoms. The lowest BCUT2D eigenvalue weighted by molar-refractivity contribution is -0.133. The number of hydrogen-bond acceptors (Lipinski definition) is 8. The molecule has 5 rings (SSSR count). The number of carbonyl (C=O) groups excluding carboxylic acids is 3. The third-order valence-electron chi connectivity index (χ3n) is 9.21. The lowest BCUT2D eigenvalue weighted by Crippen LogP contribution is -2.48. The second-order valence-corrected chi connectivity index (χ2v) is 16.9. The SMILES string of the molecule is Cc1ccc2cccc(OCc3c(Cl)ccc(S(=O)(=O)N4CCC[C@H]4C(=O)NCC4CCN(C(=O)CCCNC(=O)OC(C)(C)C)CC4)c3Cl)c2n1. The third-order valence-corrected chi connectivity index (χ3v) is 12.1. The molecule has 0 spiro atoms. The molecule has 0 saturated carbocycles. The van der Waals surface area contributed by atoms with Gasteiger partial charge in [0.05, 0.1) is 5.02 Å². The number of benzene rings is 2. The normalized spacial score (nSPS) is 17.3. The van der Waals surface area contributed by atoms with E-state index in [4.69, 9.17) is 32.7 Å². The Labute approximate surface area is 315 Å². The summed E-state index contributed by atoms with van der Waals surface area (Å²) < 4.78 is 40.5. The van der Waals surface area contributed by atoms with Gasteiger partial charge in [0.2, 0.25) is 21.8 Å². The molecule has 2 aliphatic rings. The lowest BCUT2D eigenvalue weighted by atomic mass is 9.96. The zero-order chi connectivity index (χ0) is 37.6. The van der Waals surface area contributed by atoms with Crippen LogP contribution in [0.5, 0.6) is 5.75 Å². The first-order valence-corrected chi connectivity index (χ1v) is 19.8. The summed E-state index contributed by atoms with van der Waals surface area (Å²) in [6.07, 6.45) is 2.67. The van der Waals surface area contributed by atoms with Gasteiger partial charge in [0.15, 0.2) is 0 Å². The topological polar surface area (TPSA) is 147 Å². The second kappa shape index (κ2) is 17.0. The first-order chi connectivity index (χ1) is 24.6. The number of aryl methyl sites for hydroxylation is 1. The first kappa shape index (κ1) is 39.6. The van der Waals surface area contributed by atoms with Crippen LogP contribution in [0.4, 0.5) is 4.79 Å². The van der Waals surface area contributed by atoms with Gasteiger partial charge in [0, 0.05) is 60.8 Å². The van der Waals surface area contributed by atoms with Crippen LogP contribution in [0.15, 0.2) is 47.4 Å². The number of likely N-dealkylation sites (tertiary alicyclic amines) is 1. The van der Waals surface area contributed by atoms with E-state index in [2.05, 4.69) is 15.6 Å². The number of ether oxygens (including phenoxy) is 2. The van der Waals surface area contributed by atoms with E-state index in [1.807, 2.05) is 36.1 Å². The van der Waals surface area contributed by atoms with Gasteiger partial charge in [0.1, 0.15) is 34.4 Å². The fourth-order valence-corrected chi connectivity index (χ4v) is 8.98. The van der Waals surface area contributed by atoms with Gasteiger partial charge in [-0.25, -0.2) is 18.2 Å². The molecule has 2 aliphatic heterocycles. The van der Waals surface area contributed by atoms with Crippen LogP contribution < -0.4 is 15.4 Å². The Balaban J connectivity index is 1.13. The van der Waals surface area contributed by atoms with E-state index in [1.54, 1.807) is 26.8 Å². The van der Waals surface area contributed by atoms with E-state index in [9.17, 15) is 22.8 Å². The summed E-state index contributed by atoms with van der Waals surface area (Å²) in [6, 6.07) is 11.4. The van der Waals surface area contributed by atoms with Crippen molar-refractivity contribution in [2.75, 3.05) is 32.7 Å². The fourth-order valence-electron chi connectivity index (χ4n) is 6.46. The summed E-state index contributed by atoms with van der Waals surface area (Å²) in [5.74, 6) is 0.336. The van der Waals surface area contributed by atoms with E-state index in [0.29, 0.717) is 81.5 Å². The van der Waals surface area contributed by atoms with Crippen molar-refractivity contribution < 1.29 is 32.3 Å². The highest BCUT2D eigenvalue weighted by molar-refractivity contribution is 7.89. The minimum Gasteiger partial charge on any atom is -0.487 e. The molecule has 3 aromatic rings.